The van der Waals surface area contributed by atoms with Crippen LogP contribution >= 0.6 is 15.9 Å². The molecular formula is C15H20BrNO4. The van der Waals surface area contributed by atoms with Crippen molar-refractivity contribution in [1.82, 2.24) is 4.90 Å². The Balaban J connectivity index is 2.22. The number of ether oxygens (including phenoxy) is 2. The van der Waals surface area contributed by atoms with Gasteiger partial charge >= 0.3 is 0 Å². The first-order valence-electron chi connectivity index (χ1n) is 6.76. The van der Waals surface area contributed by atoms with Gasteiger partial charge in [0.2, 0.25) is 0 Å². The van der Waals surface area contributed by atoms with Crippen LogP contribution in [0.2, 0.25) is 0 Å². The highest BCUT2D eigenvalue weighted by Gasteiger charge is 2.36. The zero-order valence-electron chi connectivity index (χ0n) is 12.4. The van der Waals surface area contributed by atoms with E-state index in [0.29, 0.717) is 24.2 Å². The van der Waals surface area contributed by atoms with Gasteiger partial charge in [-0.15, -0.1) is 0 Å². The molecular weight excluding hydrogens is 338 g/mol. The molecule has 1 saturated heterocycles. The standard InChI is InChI=1S/C15H20BrNO4/c1-15(2)9-17(8-11(7-16)21-15)14(19)12-5-4-10(20-3)6-13(12)18/h4-6,11,18H,7-9H2,1-3H3. The minimum Gasteiger partial charge on any atom is -0.507 e. The van der Waals surface area contributed by atoms with Gasteiger partial charge < -0.3 is 19.5 Å². The highest BCUT2D eigenvalue weighted by atomic mass is 79.9. The van der Waals surface area contributed by atoms with Gasteiger partial charge in [-0.25, -0.2) is 0 Å². The lowest BCUT2D eigenvalue weighted by atomic mass is 10.0. The molecule has 1 unspecified atom stereocenters. The summed E-state index contributed by atoms with van der Waals surface area (Å²) in [6, 6.07) is 4.70. The number of methoxy groups -OCH3 is 1. The van der Waals surface area contributed by atoms with Gasteiger partial charge in [-0.2, -0.15) is 0 Å². The fraction of sp³-hybridized carbons (Fsp3) is 0.533. The first kappa shape index (κ1) is 16.1. The van der Waals surface area contributed by atoms with Crippen molar-refractivity contribution in [3.8, 4) is 11.5 Å². The van der Waals surface area contributed by atoms with Crippen molar-refractivity contribution < 1.29 is 19.4 Å². The maximum Gasteiger partial charge on any atom is 0.257 e. The maximum absolute atomic E-state index is 12.6. The van der Waals surface area contributed by atoms with Crippen molar-refractivity contribution in [3.05, 3.63) is 23.8 Å². The van der Waals surface area contributed by atoms with Crippen LogP contribution in [0.25, 0.3) is 0 Å². The topological polar surface area (TPSA) is 59.0 Å². The Kier molecular flexibility index (Phi) is 4.78. The van der Waals surface area contributed by atoms with E-state index >= 15 is 0 Å². The number of phenols is 1. The Morgan fingerprint density at radius 1 is 1.57 bits per heavy atom. The van der Waals surface area contributed by atoms with E-state index in [1.807, 2.05) is 13.8 Å². The average Bonchev–Trinajstić information content (AvgIpc) is 2.44. The van der Waals surface area contributed by atoms with Crippen molar-refractivity contribution in [3.63, 3.8) is 0 Å². The Bertz CT molecular complexity index is 532. The molecule has 1 atom stereocenters. The third-order valence-electron chi connectivity index (χ3n) is 3.38. The molecule has 1 heterocycles. The summed E-state index contributed by atoms with van der Waals surface area (Å²) < 4.78 is 10.9. The zero-order chi connectivity index (χ0) is 15.6. The van der Waals surface area contributed by atoms with E-state index in [-0.39, 0.29) is 23.3 Å². The molecule has 1 aliphatic heterocycles. The van der Waals surface area contributed by atoms with E-state index < -0.39 is 5.60 Å². The molecule has 2 rings (SSSR count). The number of benzene rings is 1. The largest absolute Gasteiger partial charge is 0.507 e. The van der Waals surface area contributed by atoms with Gasteiger partial charge in [0.15, 0.2) is 0 Å². The number of hydrogen-bond acceptors (Lipinski definition) is 4. The van der Waals surface area contributed by atoms with Crippen LogP contribution in [0.4, 0.5) is 0 Å². The van der Waals surface area contributed by atoms with Crippen LogP contribution in [0.5, 0.6) is 11.5 Å². The first-order chi connectivity index (χ1) is 9.86. The number of carbonyl (C=O) groups is 1. The molecule has 5 nitrogen and oxygen atoms in total. The molecule has 0 radical (unpaired) electrons. The molecule has 0 saturated carbocycles. The van der Waals surface area contributed by atoms with Crippen LogP contribution in [-0.4, -0.2) is 53.1 Å². The fourth-order valence-corrected chi connectivity index (χ4v) is 2.86. The molecule has 1 aromatic carbocycles. The lowest BCUT2D eigenvalue weighted by molar-refractivity contribution is -0.116. The number of carbonyl (C=O) groups excluding carboxylic acids is 1. The third-order valence-corrected chi connectivity index (χ3v) is 4.10. The quantitative estimate of drug-likeness (QED) is 0.844. The Morgan fingerprint density at radius 3 is 2.86 bits per heavy atom. The molecule has 1 N–H and O–H groups in total. The van der Waals surface area contributed by atoms with Crippen molar-refractivity contribution in [2.45, 2.75) is 25.6 Å². The normalized spacial score (nSPS) is 21.1. The SMILES string of the molecule is COc1ccc(C(=O)N2CC(CBr)OC(C)(C)C2)c(O)c1. The van der Waals surface area contributed by atoms with Gasteiger partial charge in [0.1, 0.15) is 11.5 Å². The Hall–Kier alpha value is -1.27. The molecule has 1 aliphatic rings. The Labute approximate surface area is 133 Å². The summed E-state index contributed by atoms with van der Waals surface area (Å²) in [4.78, 5) is 14.3. The van der Waals surface area contributed by atoms with Crippen molar-refractivity contribution in [1.29, 1.82) is 0 Å². The van der Waals surface area contributed by atoms with Gasteiger partial charge in [0.05, 0.1) is 24.4 Å². The van der Waals surface area contributed by atoms with Crippen LogP contribution in [0.3, 0.4) is 0 Å². The minimum atomic E-state index is -0.408. The summed E-state index contributed by atoms with van der Waals surface area (Å²) in [5.41, 5.74) is -0.129. The summed E-state index contributed by atoms with van der Waals surface area (Å²) in [7, 11) is 1.52. The van der Waals surface area contributed by atoms with E-state index in [0.717, 1.165) is 0 Å². The number of hydrogen-bond donors (Lipinski definition) is 1. The Morgan fingerprint density at radius 2 is 2.29 bits per heavy atom. The molecule has 0 aromatic heterocycles. The molecule has 1 fully saturated rings. The van der Waals surface area contributed by atoms with E-state index in [2.05, 4.69) is 15.9 Å². The van der Waals surface area contributed by atoms with Crippen LogP contribution in [0.15, 0.2) is 18.2 Å². The number of aromatic hydroxyl groups is 1. The highest BCUT2D eigenvalue weighted by molar-refractivity contribution is 9.09. The van der Waals surface area contributed by atoms with Gasteiger partial charge in [0, 0.05) is 24.5 Å². The van der Waals surface area contributed by atoms with Crippen molar-refractivity contribution in [2.75, 3.05) is 25.5 Å². The smallest absolute Gasteiger partial charge is 0.257 e. The first-order valence-corrected chi connectivity index (χ1v) is 7.88. The fourth-order valence-electron chi connectivity index (χ4n) is 2.52. The number of nitrogens with zero attached hydrogens (tertiary/aromatic N) is 1. The second-order valence-corrected chi connectivity index (χ2v) is 6.37. The monoisotopic (exact) mass is 357 g/mol. The summed E-state index contributed by atoms with van der Waals surface area (Å²) in [6.07, 6.45) is -0.0573. The van der Waals surface area contributed by atoms with E-state index in [9.17, 15) is 9.90 Å². The molecule has 21 heavy (non-hydrogen) atoms. The minimum absolute atomic E-state index is 0.0573. The number of halogens is 1. The van der Waals surface area contributed by atoms with Gasteiger partial charge in [-0.05, 0) is 26.0 Å². The highest BCUT2D eigenvalue weighted by Crippen LogP contribution is 2.28. The number of amides is 1. The second kappa shape index (κ2) is 6.23. The summed E-state index contributed by atoms with van der Waals surface area (Å²) in [5.74, 6) is 0.251. The van der Waals surface area contributed by atoms with E-state index in [1.54, 1.807) is 17.0 Å². The van der Waals surface area contributed by atoms with E-state index in [4.69, 9.17) is 9.47 Å². The molecule has 6 heteroatoms. The van der Waals surface area contributed by atoms with Crippen molar-refractivity contribution in [2.24, 2.45) is 0 Å². The lowest BCUT2D eigenvalue weighted by Gasteiger charge is -2.42. The molecule has 0 aliphatic carbocycles. The molecule has 1 aromatic rings. The second-order valence-electron chi connectivity index (χ2n) is 5.72. The van der Waals surface area contributed by atoms with Gasteiger partial charge in [-0.3, -0.25) is 4.79 Å². The number of morpholine rings is 1. The van der Waals surface area contributed by atoms with Gasteiger partial charge in [-0.1, -0.05) is 15.9 Å². The predicted octanol–water partition coefficient (Wildman–Crippen LogP) is 2.42. The summed E-state index contributed by atoms with van der Waals surface area (Å²) >= 11 is 3.40. The van der Waals surface area contributed by atoms with Gasteiger partial charge in [0.25, 0.3) is 5.91 Å². The summed E-state index contributed by atoms with van der Waals surface area (Å²) in [5, 5.41) is 10.7. The number of rotatable bonds is 3. The number of alkyl halides is 1. The summed E-state index contributed by atoms with van der Waals surface area (Å²) in [6.45, 7) is 4.89. The molecule has 116 valence electrons. The lowest BCUT2D eigenvalue weighted by Crippen LogP contribution is -2.55. The van der Waals surface area contributed by atoms with Crippen molar-refractivity contribution >= 4 is 21.8 Å². The molecule has 0 spiro atoms. The zero-order valence-corrected chi connectivity index (χ0v) is 14.0. The van der Waals surface area contributed by atoms with Crippen LogP contribution in [0.1, 0.15) is 24.2 Å². The van der Waals surface area contributed by atoms with Crippen LogP contribution < -0.4 is 4.74 Å². The number of phenolic OH excluding ortho intramolecular Hbond substituents is 1. The van der Waals surface area contributed by atoms with E-state index in [1.165, 1.54) is 13.2 Å². The molecule has 1 amide bonds. The maximum atomic E-state index is 12.6. The average molecular weight is 358 g/mol. The van der Waals surface area contributed by atoms with Crippen LogP contribution in [0, 0.1) is 0 Å². The third kappa shape index (κ3) is 3.68. The van der Waals surface area contributed by atoms with Crippen LogP contribution in [-0.2, 0) is 4.74 Å². The molecule has 0 bridgehead atoms. The predicted molar refractivity (Wildman–Crippen MR) is 83.3 cm³/mol.